The van der Waals surface area contributed by atoms with Crippen LogP contribution < -0.4 is 5.56 Å². The van der Waals surface area contributed by atoms with E-state index in [1.807, 2.05) is 47.8 Å². The minimum absolute atomic E-state index is 0.224. The summed E-state index contributed by atoms with van der Waals surface area (Å²) in [4.78, 5) is 20.4. The molecule has 1 aromatic carbocycles. The third-order valence-corrected chi connectivity index (χ3v) is 4.03. The van der Waals surface area contributed by atoms with Crippen LogP contribution in [0, 0.1) is 0 Å². The Hall–Kier alpha value is -2.73. The van der Waals surface area contributed by atoms with Crippen LogP contribution in [0.1, 0.15) is 0 Å². The molecule has 0 fully saturated rings. The van der Waals surface area contributed by atoms with Crippen molar-refractivity contribution in [3.8, 4) is 16.4 Å². The lowest BCUT2D eigenvalue weighted by Gasteiger charge is -1.97. The fourth-order valence-electron chi connectivity index (χ4n) is 2.17. The molecule has 3 aromatic heterocycles. The number of para-hydroxylation sites is 1. The van der Waals surface area contributed by atoms with Crippen molar-refractivity contribution in [2.24, 2.45) is 0 Å². The molecule has 102 valence electrons. The topological polar surface area (TPSA) is 63.6 Å². The SMILES string of the molecule is O=c1[nH]c(-c2cccs2)nc2cn(-c3ccccc3)nc12. The van der Waals surface area contributed by atoms with Gasteiger partial charge in [0.2, 0.25) is 0 Å². The van der Waals surface area contributed by atoms with Crippen molar-refractivity contribution in [3.05, 3.63) is 64.4 Å². The van der Waals surface area contributed by atoms with Gasteiger partial charge in [0.1, 0.15) is 5.52 Å². The van der Waals surface area contributed by atoms with Crippen LogP contribution in [0.4, 0.5) is 0 Å². The molecule has 0 amide bonds. The number of nitrogens with zero attached hydrogens (tertiary/aromatic N) is 3. The van der Waals surface area contributed by atoms with Gasteiger partial charge < -0.3 is 4.98 Å². The van der Waals surface area contributed by atoms with Crippen LogP contribution in [0.5, 0.6) is 0 Å². The van der Waals surface area contributed by atoms with Crippen molar-refractivity contribution in [1.29, 1.82) is 0 Å². The zero-order valence-corrected chi connectivity index (χ0v) is 11.7. The Morgan fingerprint density at radius 1 is 1.10 bits per heavy atom. The van der Waals surface area contributed by atoms with Crippen molar-refractivity contribution in [2.45, 2.75) is 0 Å². The maximum atomic E-state index is 12.2. The number of rotatable bonds is 2. The molecule has 21 heavy (non-hydrogen) atoms. The van der Waals surface area contributed by atoms with Crippen LogP contribution in [-0.2, 0) is 0 Å². The monoisotopic (exact) mass is 294 g/mol. The molecule has 0 saturated carbocycles. The van der Waals surface area contributed by atoms with Crippen LogP contribution in [0.15, 0.2) is 58.8 Å². The predicted octanol–water partition coefficient (Wildman–Crippen LogP) is 2.84. The molecule has 4 aromatic rings. The van der Waals surface area contributed by atoms with Gasteiger partial charge in [0.15, 0.2) is 11.3 Å². The maximum absolute atomic E-state index is 12.2. The highest BCUT2D eigenvalue weighted by Crippen LogP contribution is 2.21. The number of nitrogens with one attached hydrogen (secondary N) is 1. The lowest BCUT2D eigenvalue weighted by molar-refractivity contribution is 0.893. The summed E-state index contributed by atoms with van der Waals surface area (Å²) in [5, 5.41) is 6.27. The number of benzene rings is 1. The van der Waals surface area contributed by atoms with Crippen LogP contribution in [-0.4, -0.2) is 19.7 Å². The number of hydrogen-bond acceptors (Lipinski definition) is 4. The first-order valence-corrected chi connectivity index (χ1v) is 7.28. The Morgan fingerprint density at radius 2 is 1.95 bits per heavy atom. The number of thiophene rings is 1. The van der Waals surface area contributed by atoms with Gasteiger partial charge in [0.25, 0.3) is 5.56 Å². The molecular weight excluding hydrogens is 284 g/mol. The van der Waals surface area contributed by atoms with E-state index in [2.05, 4.69) is 15.1 Å². The fourth-order valence-corrected chi connectivity index (χ4v) is 2.84. The molecular formula is C15H10N4OS. The van der Waals surface area contributed by atoms with E-state index in [1.54, 1.807) is 10.9 Å². The second kappa shape index (κ2) is 4.68. The van der Waals surface area contributed by atoms with E-state index in [0.717, 1.165) is 10.6 Å². The first kappa shape index (κ1) is 12.0. The van der Waals surface area contributed by atoms with Crippen molar-refractivity contribution in [2.75, 3.05) is 0 Å². The Labute approximate surface area is 123 Å². The lowest BCUT2D eigenvalue weighted by Crippen LogP contribution is -2.09. The van der Waals surface area contributed by atoms with Crippen LogP contribution in [0.3, 0.4) is 0 Å². The average Bonchev–Trinajstić information content (AvgIpc) is 3.17. The van der Waals surface area contributed by atoms with Crippen LogP contribution in [0.25, 0.3) is 27.4 Å². The van der Waals surface area contributed by atoms with Gasteiger partial charge in [-0.1, -0.05) is 24.3 Å². The number of fused-ring (bicyclic) bond motifs is 1. The summed E-state index contributed by atoms with van der Waals surface area (Å²) in [6.45, 7) is 0. The molecule has 0 unspecified atom stereocenters. The minimum atomic E-state index is -0.224. The molecule has 0 aliphatic rings. The van der Waals surface area contributed by atoms with E-state index in [0.29, 0.717) is 16.9 Å². The smallest absolute Gasteiger partial charge is 0.279 e. The molecule has 5 nitrogen and oxygen atoms in total. The molecule has 0 saturated heterocycles. The van der Waals surface area contributed by atoms with E-state index >= 15 is 0 Å². The molecule has 0 bridgehead atoms. The van der Waals surface area contributed by atoms with Crippen LogP contribution in [0.2, 0.25) is 0 Å². The molecule has 6 heteroatoms. The van der Waals surface area contributed by atoms with Gasteiger partial charge in [-0.05, 0) is 23.6 Å². The highest BCUT2D eigenvalue weighted by atomic mass is 32.1. The highest BCUT2D eigenvalue weighted by Gasteiger charge is 2.11. The number of aromatic amines is 1. The Morgan fingerprint density at radius 3 is 2.71 bits per heavy atom. The van der Waals surface area contributed by atoms with E-state index in [9.17, 15) is 4.79 Å². The zero-order valence-electron chi connectivity index (χ0n) is 10.9. The van der Waals surface area contributed by atoms with Crippen molar-refractivity contribution in [1.82, 2.24) is 19.7 Å². The highest BCUT2D eigenvalue weighted by molar-refractivity contribution is 7.13. The first-order valence-electron chi connectivity index (χ1n) is 6.40. The normalized spacial score (nSPS) is 11.0. The van der Waals surface area contributed by atoms with E-state index in [1.165, 1.54) is 11.3 Å². The summed E-state index contributed by atoms with van der Waals surface area (Å²) >= 11 is 1.54. The van der Waals surface area contributed by atoms with Gasteiger partial charge in [-0.25, -0.2) is 9.67 Å². The third-order valence-electron chi connectivity index (χ3n) is 3.15. The van der Waals surface area contributed by atoms with Gasteiger partial charge >= 0.3 is 0 Å². The summed E-state index contributed by atoms with van der Waals surface area (Å²) in [5.74, 6) is 0.579. The van der Waals surface area contributed by atoms with Gasteiger partial charge in [-0.15, -0.1) is 11.3 Å². The molecule has 3 heterocycles. The van der Waals surface area contributed by atoms with Crippen molar-refractivity contribution < 1.29 is 0 Å². The Kier molecular flexibility index (Phi) is 2.68. The average molecular weight is 294 g/mol. The van der Waals surface area contributed by atoms with Gasteiger partial charge in [0, 0.05) is 0 Å². The molecule has 0 atom stereocenters. The largest absolute Gasteiger partial charge is 0.304 e. The molecule has 1 N–H and O–H groups in total. The van der Waals surface area contributed by atoms with Gasteiger partial charge in [-0.3, -0.25) is 4.79 Å². The van der Waals surface area contributed by atoms with Crippen molar-refractivity contribution >= 4 is 22.4 Å². The summed E-state index contributed by atoms with van der Waals surface area (Å²) in [6, 6.07) is 13.5. The van der Waals surface area contributed by atoms with Crippen LogP contribution >= 0.6 is 11.3 Å². The molecule has 0 aliphatic heterocycles. The first-order chi connectivity index (χ1) is 10.3. The summed E-state index contributed by atoms with van der Waals surface area (Å²) in [6.07, 6.45) is 1.77. The fraction of sp³-hybridized carbons (Fsp3) is 0. The van der Waals surface area contributed by atoms with E-state index < -0.39 is 0 Å². The summed E-state index contributed by atoms with van der Waals surface area (Å²) in [7, 11) is 0. The number of H-pyrrole nitrogens is 1. The maximum Gasteiger partial charge on any atom is 0.279 e. The third kappa shape index (κ3) is 2.05. The van der Waals surface area contributed by atoms with Crippen molar-refractivity contribution in [3.63, 3.8) is 0 Å². The summed E-state index contributed by atoms with van der Waals surface area (Å²) < 4.78 is 1.67. The molecule has 0 radical (unpaired) electrons. The standard InChI is InChI=1S/C15H10N4OS/c20-15-13-11(16-14(17-15)12-7-4-8-21-12)9-19(18-13)10-5-2-1-3-6-10/h1-9H,(H,16,17,20). The zero-order chi connectivity index (χ0) is 14.2. The lowest BCUT2D eigenvalue weighted by atomic mass is 10.3. The van der Waals surface area contributed by atoms with Gasteiger partial charge in [0.05, 0.1) is 16.8 Å². The van der Waals surface area contributed by atoms with E-state index in [-0.39, 0.29) is 5.56 Å². The summed E-state index contributed by atoms with van der Waals surface area (Å²) in [5.41, 5.74) is 1.61. The molecule has 4 rings (SSSR count). The second-order valence-electron chi connectivity index (χ2n) is 4.53. The minimum Gasteiger partial charge on any atom is -0.304 e. The Balaban J connectivity index is 1.92. The quantitative estimate of drug-likeness (QED) is 0.618. The van der Waals surface area contributed by atoms with Gasteiger partial charge in [-0.2, -0.15) is 5.10 Å². The number of hydrogen-bond donors (Lipinski definition) is 1. The number of aromatic nitrogens is 4. The second-order valence-corrected chi connectivity index (χ2v) is 5.48. The molecule has 0 aliphatic carbocycles. The Bertz CT molecular complexity index is 954. The van der Waals surface area contributed by atoms with E-state index in [4.69, 9.17) is 0 Å². The molecule has 0 spiro atoms. The predicted molar refractivity (Wildman–Crippen MR) is 82.8 cm³/mol.